The van der Waals surface area contributed by atoms with Crippen molar-refractivity contribution in [2.24, 2.45) is 5.41 Å². The molecule has 1 unspecified atom stereocenters. The van der Waals surface area contributed by atoms with E-state index in [0.717, 1.165) is 18.5 Å². The summed E-state index contributed by atoms with van der Waals surface area (Å²) >= 11 is 0. The molecule has 2 nitrogen and oxygen atoms in total. The van der Waals surface area contributed by atoms with Gasteiger partial charge in [0.25, 0.3) is 0 Å². The minimum absolute atomic E-state index is 0.142. The summed E-state index contributed by atoms with van der Waals surface area (Å²) in [5.74, 6) is 0. The monoisotopic (exact) mass is 251 g/mol. The summed E-state index contributed by atoms with van der Waals surface area (Å²) in [5.41, 5.74) is 2.46. The van der Waals surface area contributed by atoms with E-state index in [1.807, 2.05) is 19.9 Å². The Balaban J connectivity index is 4.45. The molecule has 104 valence electrons. The van der Waals surface area contributed by atoms with Crippen molar-refractivity contribution in [2.75, 3.05) is 13.2 Å². The van der Waals surface area contributed by atoms with Gasteiger partial charge in [0.15, 0.2) is 0 Å². The minimum atomic E-state index is 0.142. The van der Waals surface area contributed by atoms with Crippen LogP contribution in [0.4, 0.5) is 0 Å². The van der Waals surface area contributed by atoms with E-state index >= 15 is 0 Å². The van der Waals surface area contributed by atoms with Crippen molar-refractivity contribution < 1.29 is 5.11 Å². The van der Waals surface area contributed by atoms with Gasteiger partial charge in [0.05, 0.1) is 6.61 Å². The fraction of sp³-hybridized carbons (Fsp3) is 0.625. The van der Waals surface area contributed by atoms with Crippen LogP contribution in [-0.2, 0) is 0 Å². The van der Waals surface area contributed by atoms with Crippen LogP contribution in [0.15, 0.2) is 36.0 Å². The number of allylic oxidation sites excluding steroid dienone is 3. The van der Waals surface area contributed by atoms with Gasteiger partial charge >= 0.3 is 0 Å². The summed E-state index contributed by atoms with van der Waals surface area (Å²) in [7, 11) is 0. The second-order valence-corrected chi connectivity index (χ2v) is 6.09. The second-order valence-electron chi connectivity index (χ2n) is 6.09. The van der Waals surface area contributed by atoms with E-state index in [9.17, 15) is 5.11 Å². The van der Waals surface area contributed by atoms with Crippen LogP contribution in [0.25, 0.3) is 0 Å². The molecule has 0 fully saturated rings. The van der Waals surface area contributed by atoms with E-state index in [1.165, 1.54) is 5.57 Å². The number of hydrogen-bond acceptors (Lipinski definition) is 2. The average Bonchev–Trinajstić information content (AvgIpc) is 2.21. The van der Waals surface area contributed by atoms with Gasteiger partial charge in [-0.25, -0.2) is 0 Å². The zero-order valence-corrected chi connectivity index (χ0v) is 12.6. The summed E-state index contributed by atoms with van der Waals surface area (Å²) in [6, 6.07) is 0.142. The molecular formula is C16H29NO. The highest BCUT2D eigenvalue weighted by molar-refractivity contribution is 5.28. The third kappa shape index (κ3) is 9.20. The molecule has 0 bridgehead atoms. The van der Waals surface area contributed by atoms with E-state index < -0.39 is 0 Å². The lowest BCUT2D eigenvalue weighted by atomic mass is 9.88. The lowest BCUT2D eigenvalue weighted by Crippen LogP contribution is -2.37. The number of aliphatic hydroxyl groups is 1. The molecule has 0 rings (SSSR count). The summed E-state index contributed by atoms with van der Waals surface area (Å²) in [5, 5.41) is 12.8. The standard InChI is InChI=1S/C16H29NO/c1-7-8-14(9-13(2)3)11-17-15(12-18)10-16(4,5)6/h7-9,15,17-18H,2,10-12H2,1,3-6H3/b8-7-,14-9+. The Bertz CT molecular complexity index is 308. The summed E-state index contributed by atoms with van der Waals surface area (Å²) < 4.78 is 0. The van der Waals surface area contributed by atoms with Crippen molar-refractivity contribution in [2.45, 2.75) is 47.1 Å². The molecule has 0 aromatic rings. The van der Waals surface area contributed by atoms with Crippen molar-refractivity contribution in [3.05, 3.63) is 36.0 Å². The van der Waals surface area contributed by atoms with Crippen LogP contribution in [0, 0.1) is 5.41 Å². The van der Waals surface area contributed by atoms with Crippen LogP contribution in [0.5, 0.6) is 0 Å². The molecule has 0 spiro atoms. The van der Waals surface area contributed by atoms with Crippen LogP contribution >= 0.6 is 0 Å². The highest BCUT2D eigenvalue weighted by Crippen LogP contribution is 2.20. The summed E-state index contributed by atoms with van der Waals surface area (Å²) in [6.07, 6.45) is 7.12. The van der Waals surface area contributed by atoms with Gasteiger partial charge in [-0.15, -0.1) is 0 Å². The highest BCUT2D eigenvalue weighted by atomic mass is 16.3. The largest absolute Gasteiger partial charge is 0.395 e. The van der Waals surface area contributed by atoms with Gasteiger partial charge in [0.2, 0.25) is 0 Å². The van der Waals surface area contributed by atoms with Crippen LogP contribution in [-0.4, -0.2) is 24.3 Å². The van der Waals surface area contributed by atoms with Crippen LogP contribution < -0.4 is 5.32 Å². The first kappa shape index (κ1) is 17.1. The molecule has 0 aromatic carbocycles. The zero-order chi connectivity index (χ0) is 14.2. The van der Waals surface area contributed by atoms with Gasteiger partial charge in [0.1, 0.15) is 0 Å². The Morgan fingerprint density at radius 2 is 2.00 bits per heavy atom. The maximum atomic E-state index is 9.40. The Kier molecular flexibility index (Phi) is 7.88. The molecule has 0 amide bonds. The van der Waals surface area contributed by atoms with Gasteiger partial charge in [-0.2, -0.15) is 0 Å². The van der Waals surface area contributed by atoms with Crippen LogP contribution in [0.1, 0.15) is 41.0 Å². The predicted octanol–water partition coefficient (Wildman–Crippen LogP) is 3.45. The predicted molar refractivity (Wildman–Crippen MR) is 80.7 cm³/mol. The zero-order valence-electron chi connectivity index (χ0n) is 12.6. The van der Waals surface area contributed by atoms with Gasteiger partial charge in [0, 0.05) is 12.6 Å². The van der Waals surface area contributed by atoms with Crippen molar-refractivity contribution in [1.29, 1.82) is 0 Å². The molecule has 0 saturated heterocycles. The van der Waals surface area contributed by atoms with Crippen molar-refractivity contribution >= 4 is 0 Å². The average molecular weight is 251 g/mol. The van der Waals surface area contributed by atoms with E-state index in [0.29, 0.717) is 0 Å². The molecule has 2 N–H and O–H groups in total. The number of nitrogens with one attached hydrogen (secondary N) is 1. The van der Waals surface area contributed by atoms with Gasteiger partial charge < -0.3 is 10.4 Å². The van der Waals surface area contributed by atoms with Gasteiger partial charge in [-0.3, -0.25) is 0 Å². The second kappa shape index (κ2) is 8.28. The van der Waals surface area contributed by atoms with E-state index in [1.54, 1.807) is 0 Å². The van der Waals surface area contributed by atoms with E-state index in [4.69, 9.17) is 0 Å². The fourth-order valence-corrected chi connectivity index (χ4v) is 1.89. The molecule has 2 heteroatoms. The topological polar surface area (TPSA) is 32.3 Å². The number of hydrogen-bond donors (Lipinski definition) is 2. The maximum Gasteiger partial charge on any atom is 0.0584 e. The lowest BCUT2D eigenvalue weighted by Gasteiger charge is -2.25. The van der Waals surface area contributed by atoms with Crippen molar-refractivity contribution in [3.63, 3.8) is 0 Å². The molecule has 0 aromatic heterocycles. The quantitative estimate of drug-likeness (QED) is 0.679. The molecule has 0 saturated carbocycles. The Morgan fingerprint density at radius 3 is 2.39 bits per heavy atom. The third-order valence-corrected chi connectivity index (χ3v) is 2.49. The van der Waals surface area contributed by atoms with Gasteiger partial charge in [-0.1, -0.05) is 51.2 Å². The highest BCUT2D eigenvalue weighted by Gasteiger charge is 2.17. The first-order valence-electron chi connectivity index (χ1n) is 6.61. The Morgan fingerprint density at radius 1 is 1.39 bits per heavy atom. The smallest absolute Gasteiger partial charge is 0.0584 e. The molecule has 18 heavy (non-hydrogen) atoms. The fourth-order valence-electron chi connectivity index (χ4n) is 1.89. The number of rotatable bonds is 7. The van der Waals surface area contributed by atoms with E-state index in [2.05, 4.69) is 44.8 Å². The lowest BCUT2D eigenvalue weighted by molar-refractivity contribution is 0.201. The van der Waals surface area contributed by atoms with Crippen LogP contribution in [0.3, 0.4) is 0 Å². The van der Waals surface area contributed by atoms with Crippen molar-refractivity contribution in [3.8, 4) is 0 Å². The first-order chi connectivity index (χ1) is 8.28. The first-order valence-corrected chi connectivity index (χ1v) is 6.61. The maximum absolute atomic E-state index is 9.40. The summed E-state index contributed by atoms with van der Waals surface area (Å²) in [6.45, 7) is 15.4. The third-order valence-electron chi connectivity index (χ3n) is 2.49. The molecule has 0 heterocycles. The molecule has 0 aliphatic carbocycles. The molecular weight excluding hydrogens is 222 g/mol. The van der Waals surface area contributed by atoms with Crippen LogP contribution in [0.2, 0.25) is 0 Å². The normalized spacial score (nSPS) is 15.1. The SMILES string of the molecule is C=C(C)/C=C(\C=C/C)CNC(CO)CC(C)(C)C. The molecule has 0 aliphatic heterocycles. The van der Waals surface area contributed by atoms with Gasteiger partial charge in [-0.05, 0) is 31.3 Å². The van der Waals surface area contributed by atoms with Crippen molar-refractivity contribution in [1.82, 2.24) is 5.32 Å². The molecule has 0 radical (unpaired) electrons. The summed E-state index contributed by atoms with van der Waals surface area (Å²) in [4.78, 5) is 0. The van der Waals surface area contributed by atoms with E-state index in [-0.39, 0.29) is 18.1 Å². The molecule has 0 aliphatic rings. The number of aliphatic hydroxyl groups excluding tert-OH is 1. The Hall–Kier alpha value is -0.860. The Labute approximate surface area is 112 Å². The minimum Gasteiger partial charge on any atom is -0.395 e. The molecule has 1 atom stereocenters.